The number of hydrogen-bond donors (Lipinski definition) is 2. The number of fused-ring (bicyclic) bond motifs is 1. The summed E-state index contributed by atoms with van der Waals surface area (Å²) in [6, 6.07) is 7.31. The van der Waals surface area contributed by atoms with Crippen molar-refractivity contribution < 1.29 is 14.7 Å². The van der Waals surface area contributed by atoms with Crippen molar-refractivity contribution in [3.05, 3.63) is 29.8 Å². The van der Waals surface area contributed by atoms with Crippen LogP contribution < -0.4 is 10.2 Å². The van der Waals surface area contributed by atoms with E-state index in [-0.39, 0.29) is 5.91 Å². The van der Waals surface area contributed by atoms with Crippen LogP contribution in [0, 0.1) is 0 Å². The second kappa shape index (κ2) is 6.52. The predicted octanol–water partition coefficient (Wildman–Crippen LogP) is 1.59. The number of carbonyl (C=O) groups excluding carboxylic acids is 1. The van der Waals surface area contributed by atoms with Crippen LogP contribution in [0.5, 0.6) is 0 Å². The summed E-state index contributed by atoms with van der Waals surface area (Å²) in [6.45, 7) is 1.28. The van der Waals surface area contributed by atoms with Gasteiger partial charge in [-0.15, -0.1) is 0 Å². The Balaban J connectivity index is 2.18. The Morgan fingerprint density at radius 2 is 2.15 bits per heavy atom. The Morgan fingerprint density at radius 3 is 2.85 bits per heavy atom. The number of carboxylic acid groups (broad SMARTS) is 1. The van der Waals surface area contributed by atoms with E-state index in [0.717, 1.165) is 24.2 Å². The lowest BCUT2D eigenvalue weighted by Gasteiger charge is -2.32. The average Bonchev–Trinajstić information content (AvgIpc) is 2.46. The molecule has 0 aromatic heterocycles. The number of carboxylic acids is 1. The number of rotatable bonds is 5. The Kier molecular flexibility index (Phi) is 4.74. The maximum absolute atomic E-state index is 12.3. The molecule has 1 aromatic carbocycles. The zero-order valence-corrected chi connectivity index (χ0v) is 11.6. The first-order valence-electron chi connectivity index (χ1n) is 6.92. The van der Waals surface area contributed by atoms with Gasteiger partial charge in [-0.05, 0) is 38.1 Å². The van der Waals surface area contributed by atoms with E-state index in [1.165, 1.54) is 0 Å². The molecule has 5 heteroatoms. The van der Waals surface area contributed by atoms with Crippen LogP contribution in [0.3, 0.4) is 0 Å². The lowest BCUT2D eigenvalue weighted by atomic mass is 9.90. The van der Waals surface area contributed by atoms with Crippen LogP contribution in [0.25, 0.3) is 0 Å². The molecule has 0 radical (unpaired) electrons. The fraction of sp³-hybridized carbons (Fsp3) is 0.467. The molecular formula is C15H20N2O3. The minimum Gasteiger partial charge on any atom is -0.481 e. The molecule has 2 N–H and O–H groups in total. The summed E-state index contributed by atoms with van der Waals surface area (Å²) in [5.74, 6) is -1.26. The molecule has 1 heterocycles. The van der Waals surface area contributed by atoms with Crippen LogP contribution in [0.15, 0.2) is 24.3 Å². The van der Waals surface area contributed by atoms with E-state index < -0.39 is 11.9 Å². The van der Waals surface area contributed by atoms with Crippen molar-refractivity contribution in [1.29, 1.82) is 0 Å². The number of benzene rings is 1. The molecule has 0 aliphatic carbocycles. The number of para-hydroxylation sites is 1. The van der Waals surface area contributed by atoms with E-state index in [4.69, 9.17) is 0 Å². The van der Waals surface area contributed by atoms with Gasteiger partial charge >= 0.3 is 5.97 Å². The first kappa shape index (κ1) is 14.5. The molecule has 0 fully saturated rings. The standard InChI is InChI=1S/C15H20N2O3/c1-16-9-4-7-14(18)17-10-8-12(15(19)20)11-5-2-3-6-13(11)17/h2-3,5-6,12,16H,4,7-10H2,1H3,(H,19,20). The van der Waals surface area contributed by atoms with Crippen molar-refractivity contribution in [3.8, 4) is 0 Å². The van der Waals surface area contributed by atoms with Gasteiger partial charge in [0.1, 0.15) is 0 Å². The van der Waals surface area contributed by atoms with Gasteiger partial charge in [0.25, 0.3) is 0 Å². The molecule has 0 saturated carbocycles. The van der Waals surface area contributed by atoms with Crippen LogP contribution in [-0.2, 0) is 9.59 Å². The number of carbonyl (C=O) groups is 2. The van der Waals surface area contributed by atoms with Gasteiger partial charge in [-0.1, -0.05) is 18.2 Å². The minimum absolute atomic E-state index is 0.0662. The minimum atomic E-state index is -0.820. The predicted molar refractivity (Wildman–Crippen MR) is 76.9 cm³/mol. The summed E-state index contributed by atoms with van der Waals surface area (Å²) in [5.41, 5.74) is 1.49. The van der Waals surface area contributed by atoms with Gasteiger partial charge in [0.2, 0.25) is 5.91 Å². The van der Waals surface area contributed by atoms with Gasteiger partial charge in [-0.25, -0.2) is 0 Å². The molecule has 1 aromatic rings. The Bertz CT molecular complexity index is 502. The maximum atomic E-state index is 12.3. The van der Waals surface area contributed by atoms with Gasteiger partial charge < -0.3 is 15.3 Å². The molecule has 5 nitrogen and oxygen atoms in total. The fourth-order valence-corrected chi connectivity index (χ4v) is 2.63. The van der Waals surface area contributed by atoms with Crippen molar-refractivity contribution in [3.63, 3.8) is 0 Å². The first-order chi connectivity index (χ1) is 9.65. The average molecular weight is 276 g/mol. The van der Waals surface area contributed by atoms with Gasteiger partial charge in [0, 0.05) is 18.7 Å². The maximum Gasteiger partial charge on any atom is 0.311 e. The highest BCUT2D eigenvalue weighted by atomic mass is 16.4. The van der Waals surface area contributed by atoms with E-state index in [0.29, 0.717) is 19.4 Å². The molecule has 1 atom stereocenters. The van der Waals surface area contributed by atoms with Crippen LogP contribution >= 0.6 is 0 Å². The zero-order chi connectivity index (χ0) is 14.5. The number of hydrogen-bond acceptors (Lipinski definition) is 3. The number of nitrogens with zero attached hydrogens (tertiary/aromatic N) is 1. The first-order valence-corrected chi connectivity index (χ1v) is 6.92. The molecule has 20 heavy (non-hydrogen) atoms. The van der Waals surface area contributed by atoms with Crippen LogP contribution in [0.4, 0.5) is 5.69 Å². The topological polar surface area (TPSA) is 69.6 Å². The molecule has 1 aliphatic rings. The molecule has 2 rings (SSSR count). The molecule has 1 aliphatic heterocycles. The van der Waals surface area contributed by atoms with E-state index in [9.17, 15) is 14.7 Å². The summed E-state index contributed by atoms with van der Waals surface area (Å²) in [4.78, 5) is 25.3. The van der Waals surface area contributed by atoms with Crippen LogP contribution in [-0.4, -0.2) is 37.1 Å². The molecule has 0 bridgehead atoms. The second-order valence-electron chi connectivity index (χ2n) is 4.99. The molecule has 0 spiro atoms. The van der Waals surface area contributed by atoms with E-state index >= 15 is 0 Å². The zero-order valence-electron chi connectivity index (χ0n) is 11.6. The lowest BCUT2D eigenvalue weighted by Crippen LogP contribution is -2.38. The van der Waals surface area contributed by atoms with Crippen molar-refractivity contribution in [2.45, 2.75) is 25.2 Å². The molecule has 0 saturated heterocycles. The summed E-state index contributed by atoms with van der Waals surface area (Å²) < 4.78 is 0. The Morgan fingerprint density at radius 1 is 1.40 bits per heavy atom. The smallest absolute Gasteiger partial charge is 0.311 e. The fourth-order valence-electron chi connectivity index (χ4n) is 2.63. The summed E-state index contributed by atoms with van der Waals surface area (Å²) >= 11 is 0. The molecular weight excluding hydrogens is 256 g/mol. The number of nitrogens with one attached hydrogen (secondary N) is 1. The van der Waals surface area contributed by atoms with E-state index in [1.54, 1.807) is 11.0 Å². The third kappa shape index (κ3) is 2.99. The molecule has 1 unspecified atom stereocenters. The highest BCUT2D eigenvalue weighted by Crippen LogP contribution is 2.35. The normalized spacial score (nSPS) is 17.6. The Hall–Kier alpha value is -1.88. The SMILES string of the molecule is CNCCCC(=O)N1CCC(C(=O)O)c2ccccc21. The van der Waals surface area contributed by atoms with Gasteiger partial charge in [0.15, 0.2) is 0 Å². The van der Waals surface area contributed by atoms with E-state index in [2.05, 4.69) is 5.32 Å². The summed E-state index contributed by atoms with van der Waals surface area (Å²) in [7, 11) is 1.86. The number of anilines is 1. The van der Waals surface area contributed by atoms with E-state index in [1.807, 2.05) is 25.2 Å². The van der Waals surface area contributed by atoms with Crippen LogP contribution in [0.1, 0.15) is 30.7 Å². The van der Waals surface area contributed by atoms with Gasteiger partial charge in [-0.3, -0.25) is 9.59 Å². The monoisotopic (exact) mass is 276 g/mol. The number of aliphatic carboxylic acids is 1. The lowest BCUT2D eigenvalue weighted by molar-refractivity contribution is -0.139. The summed E-state index contributed by atoms with van der Waals surface area (Å²) in [6.07, 6.45) is 1.74. The largest absolute Gasteiger partial charge is 0.481 e. The van der Waals surface area contributed by atoms with Crippen LogP contribution in [0.2, 0.25) is 0 Å². The highest BCUT2D eigenvalue weighted by molar-refractivity contribution is 5.96. The third-order valence-electron chi connectivity index (χ3n) is 3.66. The van der Waals surface area contributed by atoms with Gasteiger partial charge in [-0.2, -0.15) is 0 Å². The molecule has 108 valence electrons. The van der Waals surface area contributed by atoms with Crippen molar-refractivity contribution in [1.82, 2.24) is 5.32 Å². The third-order valence-corrected chi connectivity index (χ3v) is 3.66. The van der Waals surface area contributed by atoms with Gasteiger partial charge in [0.05, 0.1) is 5.92 Å². The van der Waals surface area contributed by atoms with Crippen molar-refractivity contribution in [2.24, 2.45) is 0 Å². The Labute approximate surface area is 118 Å². The highest BCUT2D eigenvalue weighted by Gasteiger charge is 2.31. The molecule has 1 amide bonds. The number of amides is 1. The second-order valence-corrected chi connectivity index (χ2v) is 4.99. The summed E-state index contributed by atoms with van der Waals surface area (Å²) in [5, 5.41) is 12.3. The van der Waals surface area contributed by atoms with Crippen molar-refractivity contribution in [2.75, 3.05) is 25.0 Å². The quantitative estimate of drug-likeness (QED) is 0.801. The van der Waals surface area contributed by atoms with Crippen molar-refractivity contribution >= 4 is 17.6 Å².